The smallest absolute Gasteiger partial charge is 0.334 e. The number of aliphatic hydroxyl groups is 1. The van der Waals surface area contributed by atoms with E-state index >= 15 is 0 Å². The lowest BCUT2D eigenvalue weighted by atomic mass is 9.49. The monoisotopic (exact) mass is 494 g/mol. The molecule has 2 heterocycles. The molecule has 7 nitrogen and oxygen atoms in total. The van der Waals surface area contributed by atoms with E-state index in [1.807, 2.05) is 13.0 Å². The number of hydrogen-bond donors (Lipinski definition) is 1. The van der Waals surface area contributed by atoms with E-state index in [-0.39, 0.29) is 53.2 Å². The molecule has 0 radical (unpaired) electrons. The van der Waals surface area contributed by atoms with Crippen LogP contribution in [0.4, 0.5) is 0 Å². The van der Waals surface area contributed by atoms with Gasteiger partial charge in [-0.15, -0.1) is 0 Å². The largest absolute Gasteiger partial charge is 0.461 e. The molecule has 192 valence electrons. The Hall–Kier alpha value is -2.28. The topological polar surface area (TPSA) is 107 Å². The first-order chi connectivity index (χ1) is 17.0. The average Bonchev–Trinajstić information content (AvgIpc) is 3.48. The van der Waals surface area contributed by atoms with Crippen LogP contribution in [-0.4, -0.2) is 46.9 Å². The predicted molar refractivity (Wildman–Crippen MR) is 126 cm³/mol. The number of Topliss-reactive ketones (excluding diaryl/α,β-unsaturated/α-hetero) is 1. The van der Waals surface area contributed by atoms with Crippen molar-refractivity contribution in [2.45, 2.75) is 71.2 Å². The first-order valence-electron chi connectivity index (χ1n) is 13.5. The number of esters is 2. The Kier molecular flexibility index (Phi) is 4.30. The van der Waals surface area contributed by atoms with Crippen molar-refractivity contribution in [2.24, 2.45) is 57.7 Å². The first kappa shape index (κ1) is 22.9. The Morgan fingerprint density at radius 1 is 0.972 bits per heavy atom. The van der Waals surface area contributed by atoms with Crippen LogP contribution in [0.3, 0.4) is 0 Å². The summed E-state index contributed by atoms with van der Waals surface area (Å²) in [6, 6.07) is 0. The summed E-state index contributed by atoms with van der Waals surface area (Å²) in [6.07, 6.45) is 3.86. The van der Waals surface area contributed by atoms with Gasteiger partial charge in [-0.25, -0.2) is 4.79 Å². The van der Waals surface area contributed by atoms with Gasteiger partial charge < -0.3 is 14.6 Å². The number of carbonyl (C=O) groups excluding carboxylic acids is 4. The summed E-state index contributed by atoms with van der Waals surface area (Å²) in [6.45, 7) is 10.00. The minimum atomic E-state index is -1.21. The van der Waals surface area contributed by atoms with Crippen LogP contribution in [0.15, 0.2) is 24.3 Å². The van der Waals surface area contributed by atoms with Crippen LogP contribution in [0.5, 0.6) is 0 Å². The van der Waals surface area contributed by atoms with E-state index in [4.69, 9.17) is 9.47 Å². The van der Waals surface area contributed by atoms with Gasteiger partial charge >= 0.3 is 11.9 Å². The van der Waals surface area contributed by atoms with Crippen molar-refractivity contribution in [3.63, 3.8) is 0 Å². The molecule has 1 N–H and O–H groups in total. The van der Waals surface area contributed by atoms with Crippen molar-refractivity contribution < 1.29 is 33.8 Å². The number of rotatable bonds is 0. The lowest BCUT2D eigenvalue weighted by Crippen LogP contribution is -2.59. The van der Waals surface area contributed by atoms with Crippen molar-refractivity contribution in [1.82, 2.24) is 0 Å². The predicted octanol–water partition coefficient (Wildman–Crippen LogP) is 2.80. The van der Waals surface area contributed by atoms with E-state index in [0.717, 1.165) is 0 Å². The van der Waals surface area contributed by atoms with Gasteiger partial charge in [0.15, 0.2) is 5.78 Å². The normalized spacial score (nSPS) is 56.7. The Morgan fingerprint density at radius 2 is 1.69 bits per heavy atom. The van der Waals surface area contributed by atoms with Crippen LogP contribution < -0.4 is 0 Å². The molecule has 6 fully saturated rings. The molecule has 7 heteroatoms. The third-order valence-electron chi connectivity index (χ3n) is 12.0. The Morgan fingerprint density at radius 3 is 2.44 bits per heavy atom. The summed E-state index contributed by atoms with van der Waals surface area (Å²) in [4.78, 5) is 54.0. The number of ether oxygens (including phenoxy) is 2. The lowest BCUT2D eigenvalue weighted by molar-refractivity contribution is -0.169. The molecule has 5 aliphatic carbocycles. The number of aliphatic hydroxyl groups excluding tert-OH is 1. The van der Waals surface area contributed by atoms with Crippen molar-refractivity contribution in [3.05, 3.63) is 24.3 Å². The zero-order chi connectivity index (χ0) is 25.5. The lowest BCUT2D eigenvalue weighted by Gasteiger charge is -2.49. The molecule has 2 saturated heterocycles. The Balaban J connectivity index is 1.43. The molecule has 2 bridgehead atoms. The maximum Gasteiger partial charge on any atom is 0.334 e. The van der Waals surface area contributed by atoms with Crippen molar-refractivity contribution in [3.8, 4) is 0 Å². The molecule has 2 aliphatic heterocycles. The van der Waals surface area contributed by atoms with Crippen LogP contribution >= 0.6 is 0 Å². The molecule has 0 aromatic heterocycles. The standard InChI is InChI=1S/C29H34O7/c1-12-7-19-23(24(32)27(4)17(12)5-6-20(27)30)29(26(34)36-19)10-15-9-21(31)28(29)11-16-14(3)25(33)35-18(16)8-13(2)22(15)28/h5-6,12-13,15-19,22-24,32H,3,7-11H2,1-2,4H3/t12-,13-,15?,16-,17+,18-,19-,22-,23-,24+,27+,28-,29-/m1/s1. The molecule has 0 aromatic carbocycles. The summed E-state index contributed by atoms with van der Waals surface area (Å²) in [5.74, 6) is -1.99. The zero-order valence-corrected chi connectivity index (χ0v) is 21.1. The summed E-state index contributed by atoms with van der Waals surface area (Å²) < 4.78 is 11.8. The van der Waals surface area contributed by atoms with Crippen LogP contribution in [0.25, 0.3) is 0 Å². The quantitative estimate of drug-likeness (QED) is 0.408. The third-order valence-corrected chi connectivity index (χ3v) is 12.0. The highest BCUT2D eigenvalue weighted by Gasteiger charge is 2.83. The van der Waals surface area contributed by atoms with Gasteiger partial charge in [0.1, 0.15) is 18.0 Å². The van der Waals surface area contributed by atoms with Crippen LogP contribution in [0, 0.1) is 57.7 Å². The minimum absolute atomic E-state index is 0.00970. The molecular weight excluding hydrogens is 460 g/mol. The molecular formula is C29H34O7. The van der Waals surface area contributed by atoms with E-state index in [2.05, 4.69) is 20.4 Å². The van der Waals surface area contributed by atoms with Gasteiger partial charge in [-0.3, -0.25) is 14.4 Å². The molecule has 36 heavy (non-hydrogen) atoms. The number of allylic oxidation sites excluding steroid dienone is 2. The van der Waals surface area contributed by atoms with Gasteiger partial charge in [-0.1, -0.05) is 26.5 Å². The number of carbonyl (C=O) groups is 4. The first-order valence-corrected chi connectivity index (χ1v) is 13.5. The van der Waals surface area contributed by atoms with Gasteiger partial charge in [0, 0.05) is 29.2 Å². The fraction of sp³-hybridized carbons (Fsp3) is 0.724. The van der Waals surface area contributed by atoms with Gasteiger partial charge in [-0.2, -0.15) is 0 Å². The second-order valence-corrected chi connectivity index (χ2v) is 13.2. The molecule has 7 rings (SSSR count). The maximum absolute atomic E-state index is 14.2. The number of fused-ring (bicyclic) bond motifs is 4. The molecule has 1 spiro atoms. The van der Waals surface area contributed by atoms with Crippen LogP contribution in [0.1, 0.15) is 52.9 Å². The van der Waals surface area contributed by atoms with Gasteiger partial charge in [0.05, 0.1) is 16.9 Å². The number of hydrogen-bond acceptors (Lipinski definition) is 7. The Bertz CT molecular complexity index is 1170. The second kappa shape index (κ2) is 6.77. The SMILES string of the molecule is C=C1C(=O)O[C@@H]2C[C@@H](C)[C@@H]3C4CC(=O)[C@@]3(C[C@H]12)[C@@]1(C4)C(=O)O[C@@H]2C[C@@H](C)[C@@H]3C=CC(=O)[C@@]3(C)[C@@H](O)[C@@H]21. The zero-order valence-electron chi connectivity index (χ0n) is 21.1. The molecule has 0 amide bonds. The van der Waals surface area contributed by atoms with Gasteiger partial charge in [0.2, 0.25) is 0 Å². The molecule has 7 aliphatic rings. The van der Waals surface area contributed by atoms with E-state index < -0.39 is 46.3 Å². The maximum atomic E-state index is 14.2. The van der Waals surface area contributed by atoms with Crippen molar-refractivity contribution in [2.75, 3.05) is 0 Å². The Labute approximate surface area is 210 Å². The molecule has 13 atom stereocenters. The van der Waals surface area contributed by atoms with E-state index in [9.17, 15) is 24.3 Å². The highest BCUT2D eigenvalue weighted by Crippen LogP contribution is 2.77. The third kappa shape index (κ3) is 2.24. The highest BCUT2D eigenvalue weighted by molar-refractivity contribution is 6.00. The molecule has 1 unspecified atom stereocenters. The average molecular weight is 495 g/mol. The van der Waals surface area contributed by atoms with Crippen molar-refractivity contribution >= 4 is 23.5 Å². The summed E-state index contributed by atoms with van der Waals surface area (Å²) >= 11 is 0. The van der Waals surface area contributed by atoms with Crippen LogP contribution in [-0.2, 0) is 28.7 Å². The summed E-state index contributed by atoms with van der Waals surface area (Å²) in [5.41, 5.74) is -2.96. The van der Waals surface area contributed by atoms with Gasteiger partial charge in [-0.05, 0) is 68.3 Å². The minimum Gasteiger partial charge on any atom is -0.461 e. The van der Waals surface area contributed by atoms with Crippen LogP contribution in [0.2, 0.25) is 0 Å². The van der Waals surface area contributed by atoms with E-state index in [1.54, 1.807) is 6.08 Å². The molecule has 4 saturated carbocycles. The number of ketones is 2. The summed E-state index contributed by atoms with van der Waals surface area (Å²) in [5, 5.41) is 12.1. The van der Waals surface area contributed by atoms with E-state index in [1.165, 1.54) is 0 Å². The fourth-order valence-corrected chi connectivity index (χ4v) is 10.7. The summed E-state index contributed by atoms with van der Waals surface area (Å²) in [7, 11) is 0. The van der Waals surface area contributed by atoms with Crippen molar-refractivity contribution in [1.29, 1.82) is 0 Å². The van der Waals surface area contributed by atoms with E-state index in [0.29, 0.717) is 37.7 Å². The fourth-order valence-electron chi connectivity index (χ4n) is 10.7. The second-order valence-electron chi connectivity index (χ2n) is 13.2. The molecule has 0 aromatic rings. The highest BCUT2D eigenvalue weighted by atomic mass is 16.6. The van der Waals surface area contributed by atoms with Gasteiger partial charge in [0.25, 0.3) is 0 Å².